The van der Waals surface area contributed by atoms with Crippen molar-refractivity contribution in [3.05, 3.63) is 23.9 Å². The maximum atomic E-state index is 10.8. The summed E-state index contributed by atoms with van der Waals surface area (Å²) in [4.78, 5) is 15.1. The van der Waals surface area contributed by atoms with Crippen LogP contribution in [-0.4, -0.2) is 21.9 Å². The molecule has 0 aliphatic carbocycles. The molecule has 0 fully saturated rings. The number of amides is 1. The molecule has 80 valence electrons. The molecule has 1 rings (SSSR count). The number of nitrogens with two attached hydrogens (primary N) is 2. The molecule has 0 saturated heterocycles. The highest BCUT2D eigenvalue weighted by molar-refractivity contribution is 7.80. The predicted molar refractivity (Wildman–Crippen MR) is 62.4 cm³/mol. The van der Waals surface area contributed by atoms with E-state index in [0.29, 0.717) is 11.5 Å². The smallest absolute Gasteiger partial charge is 0.239 e. The number of carbonyl (C=O) groups excluding carboxylic acids is 1. The second kappa shape index (κ2) is 4.70. The molecule has 5 N–H and O–H groups in total. The van der Waals surface area contributed by atoms with Crippen LogP contribution in [0.15, 0.2) is 18.2 Å². The van der Waals surface area contributed by atoms with Gasteiger partial charge in [-0.2, -0.15) is 0 Å². The lowest BCUT2D eigenvalue weighted by Crippen LogP contribution is -2.32. The number of carbonyl (C=O) groups is 1. The van der Waals surface area contributed by atoms with Crippen molar-refractivity contribution in [2.45, 2.75) is 13.0 Å². The molecule has 1 atom stereocenters. The van der Waals surface area contributed by atoms with Gasteiger partial charge in [-0.1, -0.05) is 18.3 Å². The van der Waals surface area contributed by atoms with Gasteiger partial charge in [0.1, 0.15) is 16.8 Å². The van der Waals surface area contributed by atoms with Crippen molar-refractivity contribution < 1.29 is 4.79 Å². The maximum absolute atomic E-state index is 10.8. The first kappa shape index (κ1) is 11.4. The number of thiocarbonyl (C=S) groups is 1. The fraction of sp³-hybridized carbons (Fsp3) is 0.222. The molecule has 0 radical (unpaired) electrons. The van der Waals surface area contributed by atoms with Crippen LogP contribution >= 0.6 is 12.2 Å². The molecule has 1 amide bonds. The predicted octanol–water partition coefficient (Wildman–Crippen LogP) is 0.00150. The SMILES string of the molecule is CC(Nc1cccc(C(N)=S)n1)C(N)=O. The zero-order valence-electron chi connectivity index (χ0n) is 8.23. The topological polar surface area (TPSA) is 94.0 Å². The Labute approximate surface area is 92.9 Å². The van der Waals surface area contributed by atoms with Gasteiger partial charge >= 0.3 is 0 Å². The summed E-state index contributed by atoms with van der Waals surface area (Å²) in [6.07, 6.45) is 0. The molecule has 0 bridgehead atoms. The Bertz CT molecular complexity index is 393. The number of hydrogen-bond acceptors (Lipinski definition) is 4. The van der Waals surface area contributed by atoms with E-state index in [0.717, 1.165) is 0 Å². The van der Waals surface area contributed by atoms with Crippen molar-refractivity contribution in [1.82, 2.24) is 4.98 Å². The van der Waals surface area contributed by atoms with Gasteiger partial charge in [0.2, 0.25) is 5.91 Å². The molecular weight excluding hydrogens is 212 g/mol. The number of nitrogens with zero attached hydrogens (tertiary/aromatic N) is 1. The van der Waals surface area contributed by atoms with Gasteiger partial charge in [0.25, 0.3) is 0 Å². The van der Waals surface area contributed by atoms with Crippen molar-refractivity contribution in [3.8, 4) is 0 Å². The molecule has 6 heteroatoms. The summed E-state index contributed by atoms with van der Waals surface area (Å²) in [5.74, 6) is 0.0733. The average Bonchev–Trinajstić information content (AvgIpc) is 2.18. The summed E-state index contributed by atoms with van der Waals surface area (Å²) < 4.78 is 0. The van der Waals surface area contributed by atoms with Crippen LogP contribution in [0.4, 0.5) is 5.82 Å². The quantitative estimate of drug-likeness (QED) is 0.626. The Morgan fingerprint density at radius 2 is 2.20 bits per heavy atom. The molecule has 1 unspecified atom stereocenters. The van der Waals surface area contributed by atoms with Crippen molar-refractivity contribution in [2.75, 3.05) is 5.32 Å². The molecule has 15 heavy (non-hydrogen) atoms. The van der Waals surface area contributed by atoms with E-state index in [1.165, 1.54) is 0 Å². The Morgan fingerprint density at radius 3 is 2.73 bits per heavy atom. The highest BCUT2D eigenvalue weighted by Gasteiger charge is 2.08. The van der Waals surface area contributed by atoms with Gasteiger partial charge in [0.05, 0.1) is 5.69 Å². The lowest BCUT2D eigenvalue weighted by atomic mass is 10.3. The van der Waals surface area contributed by atoms with Crippen LogP contribution < -0.4 is 16.8 Å². The number of nitrogens with one attached hydrogen (secondary N) is 1. The fourth-order valence-corrected chi connectivity index (χ4v) is 1.06. The first-order chi connectivity index (χ1) is 7.00. The maximum Gasteiger partial charge on any atom is 0.239 e. The van der Waals surface area contributed by atoms with E-state index in [9.17, 15) is 4.79 Å². The summed E-state index contributed by atoms with van der Waals surface area (Å²) in [6.45, 7) is 1.65. The molecular formula is C9H12N4OS. The lowest BCUT2D eigenvalue weighted by Gasteiger charge is -2.11. The zero-order valence-corrected chi connectivity index (χ0v) is 9.04. The Morgan fingerprint density at radius 1 is 1.53 bits per heavy atom. The van der Waals surface area contributed by atoms with E-state index in [-0.39, 0.29) is 4.99 Å². The third-order valence-electron chi connectivity index (χ3n) is 1.79. The van der Waals surface area contributed by atoms with Crippen LogP contribution in [0.1, 0.15) is 12.6 Å². The van der Waals surface area contributed by atoms with Crippen LogP contribution in [0, 0.1) is 0 Å². The van der Waals surface area contributed by atoms with E-state index in [2.05, 4.69) is 10.3 Å². The third kappa shape index (κ3) is 3.17. The zero-order chi connectivity index (χ0) is 11.4. The summed E-state index contributed by atoms with van der Waals surface area (Å²) in [7, 11) is 0. The summed E-state index contributed by atoms with van der Waals surface area (Å²) in [5, 5.41) is 2.84. The van der Waals surface area contributed by atoms with Crippen LogP contribution in [0.5, 0.6) is 0 Å². The second-order valence-corrected chi connectivity index (χ2v) is 3.48. The van der Waals surface area contributed by atoms with E-state index < -0.39 is 11.9 Å². The van der Waals surface area contributed by atoms with Crippen molar-refractivity contribution in [2.24, 2.45) is 11.5 Å². The van der Waals surface area contributed by atoms with Gasteiger partial charge in [-0.25, -0.2) is 4.98 Å². The van der Waals surface area contributed by atoms with Crippen LogP contribution in [-0.2, 0) is 4.79 Å². The average molecular weight is 224 g/mol. The fourth-order valence-electron chi connectivity index (χ4n) is 0.945. The minimum Gasteiger partial charge on any atom is -0.388 e. The molecule has 0 aromatic carbocycles. The monoisotopic (exact) mass is 224 g/mol. The normalized spacial score (nSPS) is 11.8. The number of pyridine rings is 1. The molecule has 5 nitrogen and oxygen atoms in total. The van der Waals surface area contributed by atoms with Crippen LogP contribution in [0.3, 0.4) is 0 Å². The third-order valence-corrected chi connectivity index (χ3v) is 2.00. The summed E-state index contributed by atoms with van der Waals surface area (Å²) in [5.41, 5.74) is 11.0. The van der Waals surface area contributed by atoms with E-state index >= 15 is 0 Å². The van der Waals surface area contributed by atoms with E-state index in [1.807, 2.05) is 0 Å². The lowest BCUT2D eigenvalue weighted by molar-refractivity contribution is -0.118. The minimum absolute atomic E-state index is 0.213. The van der Waals surface area contributed by atoms with Gasteiger partial charge in [0, 0.05) is 0 Å². The number of anilines is 1. The van der Waals surface area contributed by atoms with Crippen molar-refractivity contribution in [3.63, 3.8) is 0 Å². The van der Waals surface area contributed by atoms with Gasteiger partial charge in [-0.05, 0) is 19.1 Å². The number of rotatable bonds is 4. The number of hydrogen-bond donors (Lipinski definition) is 3. The van der Waals surface area contributed by atoms with Crippen molar-refractivity contribution >= 4 is 28.9 Å². The molecule has 0 saturated carbocycles. The largest absolute Gasteiger partial charge is 0.388 e. The van der Waals surface area contributed by atoms with Gasteiger partial charge in [0.15, 0.2) is 0 Å². The standard InChI is InChI=1S/C9H12N4OS/c1-5(8(10)14)12-7-4-2-3-6(13-7)9(11)15/h2-5H,1H3,(H2,10,14)(H2,11,15)(H,12,13). The molecule has 0 spiro atoms. The summed E-state index contributed by atoms with van der Waals surface area (Å²) >= 11 is 4.78. The van der Waals surface area contributed by atoms with Gasteiger partial charge in [-0.3, -0.25) is 4.79 Å². The Kier molecular flexibility index (Phi) is 3.56. The number of aromatic nitrogens is 1. The summed E-state index contributed by atoms with van der Waals surface area (Å²) in [6, 6.07) is 4.67. The highest BCUT2D eigenvalue weighted by Crippen LogP contribution is 2.06. The Balaban J connectivity index is 2.82. The van der Waals surface area contributed by atoms with Crippen LogP contribution in [0.25, 0.3) is 0 Å². The molecule has 1 heterocycles. The van der Waals surface area contributed by atoms with E-state index in [1.54, 1.807) is 25.1 Å². The first-order valence-corrected chi connectivity index (χ1v) is 4.74. The van der Waals surface area contributed by atoms with Crippen molar-refractivity contribution in [1.29, 1.82) is 0 Å². The minimum atomic E-state index is -0.487. The number of primary amides is 1. The first-order valence-electron chi connectivity index (χ1n) is 4.33. The second-order valence-electron chi connectivity index (χ2n) is 3.04. The molecule has 0 aliphatic heterocycles. The van der Waals surface area contributed by atoms with Gasteiger partial charge < -0.3 is 16.8 Å². The van der Waals surface area contributed by atoms with Crippen LogP contribution in [0.2, 0.25) is 0 Å². The van der Waals surface area contributed by atoms with E-state index in [4.69, 9.17) is 23.7 Å². The molecule has 0 aliphatic rings. The Hall–Kier alpha value is -1.69. The molecule has 1 aromatic rings. The molecule has 1 aromatic heterocycles. The highest BCUT2D eigenvalue weighted by atomic mass is 32.1. The van der Waals surface area contributed by atoms with Gasteiger partial charge in [-0.15, -0.1) is 0 Å².